The predicted octanol–water partition coefficient (Wildman–Crippen LogP) is 1.89. The maximum atomic E-state index is 11.5. The van der Waals surface area contributed by atoms with Gasteiger partial charge in [0.15, 0.2) is 0 Å². The van der Waals surface area contributed by atoms with Crippen LogP contribution >= 0.6 is 11.8 Å². The molecule has 1 unspecified atom stereocenters. The highest BCUT2D eigenvalue weighted by Gasteiger charge is 2.22. The van der Waals surface area contributed by atoms with Gasteiger partial charge >= 0.3 is 5.97 Å². The van der Waals surface area contributed by atoms with E-state index in [4.69, 9.17) is 10.5 Å². The number of rotatable bonds is 1. The summed E-state index contributed by atoms with van der Waals surface area (Å²) in [4.78, 5) is 12.6. The van der Waals surface area contributed by atoms with Crippen LogP contribution in [0.3, 0.4) is 0 Å². The maximum Gasteiger partial charge on any atom is 0.338 e. The number of methoxy groups -OCH3 is 1. The third-order valence-electron chi connectivity index (χ3n) is 2.58. The molecule has 0 aromatic heterocycles. The maximum absolute atomic E-state index is 11.5. The summed E-state index contributed by atoms with van der Waals surface area (Å²) in [6, 6.07) is 3.97. The van der Waals surface area contributed by atoms with E-state index in [-0.39, 0.29) is 12.0 Å². The van der Waals surface area contributed by atoms with Gasteiger partial charge in [-0.1, -0.05) is 6.07 Å². The molecule has 80 valence electrons. The number of thioether (sulfide) groups is 1. The van der Waals surface area contributed by atoms with Gasteiger partial charge in [-0.3, -0.25) is 0 Å². The summed E-state index contributed by atoms with van der Waals surface area (Å²) >= 11 is 1.69. The first-order valence-electron chi connectivity index (χ1n) is 4.74. The van der Waals surface area contributed by atoms with E-state index < -0.39 is 0 Å². The molecule has 1 aromatic carbocycles. The van der Waals surface area contributed by atoms with Crippen molar-refractivity contribution >= 4 is 17.7 Å². The molecule has 3 nitrogen and oxygen atoms in total. The number of fused-ring (bicyclic) bond motifs is 1. The molecule has 0 fully saturated rings. The van der Waals surface area contributed by atoms with Crippen molar-refractivity contribution in [3.8, 4) is 0 Å². The predicted molar refractivity (Wildman–Crippen MR) is 60.2 cm³/mol. The fraction of sp³-hybridized carbons (Fsp3) is 0.364. The lowest BCUT2D eigenvalue weighted by Crippen LogP contribution is -2.10. The van der Waals surface area contributed by atoms with E-state index in [1.807, 2.05) is 19.1 Å². The fourth-order valence-electron chi connectivity index (χ4n) is 1.72. The topological polar surface area (TPSA) is 52.3 Å². The molecule has 2 N–H and O–H groups in total. The zero-order valence-electron chi connectivity index (χ0n) is 8.74. The van der Waals surface area contributed by atoms with E-state index in [9.17, 15) is 4.79 Å². The summed E-state index contributed by atoms with van der Waals surface area (Å²) in [5.74, 6) is 0.607. The summed E-state index contributed by atoms with van der Waals surface area (Å²) in [6.45, 7) is 1.90. The first-order chi connectivity index (χ1) is 7.13. The SMILES string of the molecule is COC(=O)c1cc2c(cc1C)C(N)CS2. The van der Waals surface area contributed by atoms with E-state index in [2.05, 4.69) is 0 Å². The van der Waals surface area contributed by atoms with Crippen molar-refractivity contribution in [1.29, 1.82) is 0 Å². The zero-order valence-corrected chi connectivity index (χ0v) is 9.56. The van der Waals surface area contributed by atoms with Crippen molar-refractivity contribution in [3.05, 3.63) is 28.8 Å². The van der Waals surface area contributed by atoms with Crippen LogP contribution in [-0.4, -0.2) is 18.8 Å². The smallest absolute Gasteiger partial charge is 0.338 e. The van der Waals surface area contributed by atoms with Crippen molar-refractivity contribution in [2.45, 2.75) is 17.9 Å². The van der Waals surface area contributed by atoms with Crippen molar-refractivity contribution in [1.82, 2.24) is 0 Å². The van der Waals surface area contributed by atoms with Gasteiger partial charge in [0.2, 0.25) is 0 Å². The number of nitrogens with two attached hydrogens (primary N) is 1. The Morgan fingerprint density at radius 3 is 3.00 bits per heavy atom. The fourth-order valence-corrected chi connectivity index (χ4v) is 2.84. The van der Waals surface area contributed by atoms with Crippen LogP contribution in [0.2, 0.25) is 0 Å². The van der Waals surface area contributed by atoms with Gasteiger partial charge in [0.05, 0.1) is 12.7 Å². The molecule has 1 aromatic rings. The van der Waals surface area contributed by atoms with E-state index in [1.54, 1.807) is 11.8 Å². The Bertz CT molecular complexity index is 417. The summed E-state index contributed by atoms with van der Waals surface area (Å²) in [7, 11) is 1.40. The van der Waals surface area contributed by atoms with E-state index >= 15 is 0 Å². The van der Waals surface area contributed by atoms with Crippen molar-refractivity contribution < 1.29 is 9.53 Å². The van der Waals surface area contributed by atoms with Crippen LogP contribution in [0.4, 0.5) is 0 Å². The molecule has 1 aliphatic heterocycles. The lowest BCUT2D eigenvalue weighted by Gasteiger charge is -2.08. The number of hydrogen-bond donors (Lipinski definition) is 1. The third kappa shape index (κ3) is 1.75. The number of carbonyl (C=O) groups is 1. The number of esters is 1. The van der Waals surface area contributed by atoms with Crippen LogP contribution < -0.4 is 5.73 Å². The van der Waals surface area contributed by atoms with Crippen LogP contribution in [0, 0.1) is 6.92 Å². The van der Waals surface area contributed by atoms with Crippen LogP contribution in [0.25, 0.3) is 0 Å². The van der Waals surface area contributed by atoms with E-state index in [1.165, 1.54) is 7.11 Å². The summed E-state index contributed by atoms with van der Waals surface area (Å²) in [6.07, 6.45) is 0. The third-order valence-corrected chi connectivity index (χ3v) is 3.77. The quantitative estimate of drug-likeness (QED) is 0.739. The summed E-state index contributed by atoms with van der Waals surface area (Å²) in [5, 5.41) is 0. The summed E-state index contributed by atoms with van der Waals surface area (Å²) in [5.41, 5.74) is 8.65. The molecular weight excluding hydrogens is 210 g/mol. The Labute approximate surface area is 93.0 Å². The van der Waals surface area contributed by atoms with Crippen molar-refractivity contribution in [3.63, 3.8) is 0 Å². The van der Waals surface area contributed by atoms with Crippen molar-refractivity contribution in [2.75, 3.05) is 12.9 Å². The number of hydrogen-bond acceptors (Lipinski definition) is 4. The van der Waals surface area contributed by atoms with Crippen LogP contribution in [0.5, 0.6) is 0 Å². The van der Waals surface area contributed by atoms with Gasteiger partial charge < -0.3 is 10.5 Å². The average molecular weight is 223 g/mol. The Hall–Kier alpha value is -1.00. The van der Waals surface area contributed by atoms with Crippen LogP contribution in [-0.2, 0) is 4.74 Å². The largest absolute Gasteiger partial charge is 0.465 e. The molecule has 0 amide bonds. The minimum absolute atomic E-state index is 0.0930. The highest BCUT2D eigenvalue weighted by atomic mass is 32.2. The number of benzene rings is 1. The minimum Gasteiger partial charge on any atom is -0.465 e. The number of ether oxygens (including phenoxy) is 1. The molecule has 15 heavy (non-hydrogen) atoms. The van der Waals surface area contributed by atoms with Crippen LogP contribution in [0.1, 0.15) is 27.5 Å². The second kappa shape index (κ2) is 3.87. The van der Waals surface area contributed by atoms with Gasteiger partial charge in [0.1, 0.15) is 0 Å². The summed E-state index contributed by atoms with van der Waals surface area (Å²) < 4.78 is 4.72. The van der Waals surface area contributed by atoms with Gasteiger partial charge in [-0.15, -0.1) is 11.8 Å². The van der Waals surface area contributed by atoms with Gasteiger partial charge in [0, 0.05) is 16.7 Å². The van der Waals surface area contributed by atoms with Crippen molar-refractivity contribution in [2.24, 2.45) is 5.73 Å². The van der Waals surface area contributed by atoms with Gasteiger partial charge in [-0.05, 0) is 24.1 Å². The lowest BCUT2D eigenvalue weighted by molar-refractivity contribution is 0.0599. The standard InChI is InChI=1S/C11H13NO2S/c1-6-3-8-9(12)5-15-10(8)4-7(6)11(13)14-2/h3-4,9H,5,12H2,1-2H3. The van der Waals surface area contributed by atoms with Gasteiger partial charge in [-0.2, -0.15) is 0 Å². The second-order valence-corrected chi connectivity index (χ2v) is 4.68. The Kier molecular flexibility index (Phi) is 2.71. The first kappa shape index (κ1) is 10.5. The van der Waals surface area contributed by atoms with E-state index in [0.29, 0.717) is 5.56 Å². The van der Waals surface area contributed by atoms with E-state index in [0.717, 1.165) is 21.8 Å². The first-order valence-corrected chi connectivity index (χ1v) is 5.73. The molecule has 1 atom stereocenters. The minimum atomic E-state index is -0.281. The molecule has 2 rings (SSSR count). The molecule has 0 aliphatic carbocycles. The number of aryl methyl sites for hydroxylation is 1. The monoisotopic (exact) mass is 223 g/mol. The molecule has 0 bridgehead atoms. The molecular formula is C11H13NO2S. The van der Waals surface area contributed by atoms with Gasteiger partial charge in [-0.25, -0.2) is 4.79 Å². The Balaban J connectivity index is 2.49. The molecule has 4 heteroatoms. The average Bonchev–Trinajstić information content (AvgIpc) is 2.58. The zero-order chi connectivity index (χ0) is 11.0. The second-order valence-electron chi connectivity index (χ2n) is 3.61. The van der Waals surface area contributed by atoms with Gasteiger partial charge in [0.25, 0.3) is 0 Å². The molecule has 0 radical (unpaired) electrons. The normalized spacial score (nSPS) is 18.7. The highest BCUT2D eigenvalue weighted by molar-refractivity contribution is 7.99. The molecule has 0 saturated heterocycles. The lowest BCUT2D eigenvalue weighted by atomic mass is 10.0. The molecule has 1 heterocycles. The molecule has 0 saturated carbocycles. The Morgan fingerprint density at radius 2 is 2.33 bits per heavy atom. The molecule has 1 aliphatic rings. The Morgan fingerprint density at radius 1 is 1.60 bits per heavy atom. The number of carbonyl (C=O) groups excluding carboxylic acids is 1. The highest BCUT2D eigenvalue weighted by Crippen LogP contribution is 2.38. The molecule has 0 spiro atoms. The van der Waals surface area contributed by atoms with Crippen LogP contribution in [0.15, 0.2) is 17.0 Å².